The van der Waals surface area contributed by atoms with Gasteiger partial charge in [-0.25, -0.2) is 0 Å². The van der Waals surface area contributed by atoms with Gasteiger partial charge < -0.3 is 5.32 Å². The number of aryl methyl sites for hydroxylation is 1. The fourth-order valence-corrected chi connectivity index (χ4v) is 2.89. The summed E-state index contributed by atoms with van der Waals surface area (Å²) >= 11 is 1.78. The number of benzene rings is 1. The van der Waals surface area contributed by atoms with Crippen molar-refractivity contribution in [1.29, 1.82) is 0 Å². The van der Waals surface area contributed by atoms with Crippen molar-refractivity contribution in [3.05, 3.63) is 57.8 Å². The maximum atomic E-state index is 3.59. The zero-order valence-corrected chi connectivity index (χ0v) is 12.0. The minimum absolute atomic E-state index is 0.535. The first kappa shape index (κ1) is 13.3. The van der Waals surface area contributed by atoms with Gasteiger partial charge in [-0.1, -0.05) is 36.8 Å². The second-order valence-electron chi connectivity index (χ2n) is 4.78. The Morgan fingerprint density at radius 1 is 1.06 bits per heavy atom. The third kappa shape index (κ3) is 3.97. The number of rotatable bonds is 6. The van der Waals surface area contributed by atoms with Gasteiger partial charge in [0.15, 0.2) is 0 Å². The van der Waals surface area contributed by atoms with E-state index in [1.165, 1.54) is 16.7 Å². The maximum absolute atomic E-state index is 3.59. The van der Waals surface area contributed by atoms with Gasteiger partial charge in [-0.3, -0.25) is 0 Å². The van der Waals surface area contributed by atoms with E-state index in [4.69, 9.17) is 0 Å². The van der Waals surface area contributed by atoms with Gasteiger partial charge in [0.05, 0.1) is 0 Å². The number of hydrogen-bond acceptors (Lipinski definition) is 2. The van der Waals surface area contributed by atoms with Crippen molar-refractivity contribution in [1.82, 2.24) is 5.32 Å². The highest BCUT2D eigenvalue weighted by molar-refractivity contribution is 7.07. The van der Waals surface area contributed by atoms with E-state index in [2.05, 4.69) is 60.3 Å². The minimum Gasteiger partial charge on any atom is -0.314 e. The molecular weight excluding hydrogens is 238 g/mol. The van der Waals surface area contributed by atoms with E-state index in [9.17, 15) is 0 Å². The summed E-state index contributed by atoms with van der Waals surface area (Å²) in [7, 11) is 0. The third-order valence-electron chi connectivity index (χ3n) is 3.16. The maximum Gasteiger partial charge on any atom is 0.0148 e. The molecule has 1 aromatic heterocycles. The van der Waals surface area contributed by atoms with Crippen molar-refractivity contribution >= 4 is 11.3 Å². The quantitative estimate of drug-likeness (QED) is 0.831. The lowest BCUT2D eigenvalue weighted by atomic mass is 10.00. The van der Waals surface area contributed by atoms with Crippen LogP contribution >= 0.6 is 11.3 Å². The Kier molecular flexibility index (Phi) is 4.97. The molecule has 0 aliphatic rings. The molecule has 1 heterocycles. The van der Waals surface area contributed by atoms with E-state index < -0.39 is 0 Å². The molecule has 0 saturated carbocycles. The first-order chi connectivity index (χ1) is 8.78. The lowest BCUT2D eigenvalue weighted by Gasteiger charge is -2.17. The Bertz CT molecular complexity index is 444. The van der Waals surface area contributed by atoms with Crippen LogP contribution in [0.1, 0.15) is 23.6 Å². The van der Waals surface area contributed by atoms with Gasteiger partial charge in [0.2, 0.25) is 0 Å². The summed E-state index contributed by atoms with van der Waals surface area (Å²) in [6, 6.07) is 11.6. The highest BCUT2D eigenvalue weighted by Gasteiger charge is 2.09. The summed E-state index contributed by atoms with van der Waals surface area (Å²) in [5.41, 5.74) is 4.19. The summed E-state index contributed by atoms with van der Waals surface area (Å²) in [4.78, 5) is 0. The lowest BCUT2D eigenvalue weighted by molar-refractivity contribution is 0.522. The molecule has 18 heavy (non-hydrogen) atoms. The first-order valence-corrected chi connectivity index (χ1v) is 7.52. The van der Waals surface area contributed by atoms with Crippen molar-refractivity contribution in [3.63, 3.8) is 0 Å². The molecule has 1 nitrogen and oxygen atoms in total. The Morgan fingerprint density at radius 2 is 1.78 bits per heavy atom. The zero-order chi connectivity index (χ0) is 12.8. The fraction of sp³-hybridized carbons (Fsp3) is 0.375. The molecule has 0 saturated heterocycles. The molecule has 2 heteroatoms. The van der Waals surface area contributed by atoms with Crippen LogP contribution in [0.5, 0.6) is 0 Å². The van der Waals surface area contributed by atoms with Crippen LogP contribution in [0, 0.1) is 6.92 Å². The number of thiophene rings is 1. The van der Waals surface area contributed by atoms with E-state index in [1.54, 1.807) is 11.3 Å². The zero-order valence-electron chi connectivity index (χ0n) is 11.1. The predicted octanol–water partition coefficient (Wildman–Crippen LogP) is 3.82. The number of hydrogen-bond donors (Lipinski definition) is 1. The summed E-state index contributed by atoms with van der Waals surface area (Å²) in [6.45, 7) is 5.34. The van der Waals surface area contributed by atoms with Crippen LogP contribution in [0.15, 0.2) is 41.1 Å². The number of likely N-dealkylation sites (N-methyl/N-ethyl adjacent to an activating group) is 1. The van der Waals surface area contributed by atoms with Gasteiger partial charge in [-0.05, 0) is 54.3 Å². The van der Waals surface area contributed by atoms with Crippen LogP contribution in [-0.2, 0) is 12.8 Å². The van der Waals surface area contributed by atoms with Gasteiger partial charge in [-0.2, -0.15) is 11.3 Å². The Hall–Kier alpha value is -1.12. The molecule has 0 spiro atoms. The molecule has 0 radical (unpaired) electrons. The summed E-state index contributed by atoms with van der Waals surface area (Å²) in [6.07, 6.45) is 2.22. The van der Waals surface area contributed by atoms with Gasteiger partial charge in [0.1, 0.15) is 0 Å². The highest BCUT2D eigenvalue weighted by atomic mass is 32.1. The molecule has 0 aliphatic heterocycles. The van der Waals surface area contributed by atoms with Crippen molar-refractivity contribution < 1.29 is 0 Å². The summed E-state index contributed by atoms with van der Waals surface area (Å²) in [5, 5.41) is 8.00. The predicted molar refractivity (Wildman–Crippen MR) is 80.4 cm³/mol. The molecule has 0 bridgehead atoms. The second-order valence-corrected chi connectivity index (χ2v) is 5.56. The van der Waals surface area contributed by atoms with Crippen molar-refractivity contribution in [2.75, 3.05) is 6.54 Å². The minimum atomic E-state index is 0.535. The van der Waals surface area contributed by atoms with Crippen molar-refractivity contribution in [3.8, 4) is 0 Å². The third-order valence-corrected chi connectivity index (χ3v) is 3.89. The standard InChI is InChI=1S/C16H21NS/c1-3-17-16(11-15-8-9-18-12-15)10-14-6-4-13(2)5-7-14/h4-9,12,16-17H,3,10-11H2,1-2H3. The second kappa shape index (κ2) is 6.72. The van der Waals surface area contributed by atoms with Crippen LogP contribution in [0.25, 0.3) is 0 Å². The van der Waals surface area contributed by atoms with E-state index in [-0.39, 0.29) is 0 Å². The molecule has 1 N–H and O–H groups in total. The molecule has 2 aromatic rings. The average molecular weight is 259 g/mol. The van der Waals surface area contributed by atoms with Gasteiger partial charge in [0, 0.05) is 6.04 Å². The van der Waals surface area contributed by atoms with Crippen LogP contribution < -0.4 is 5.32 Å². The molecule has 2 rings (SSSR count). The molecule has 1 aromatic carbocycles. The van der Waals surface area contributed by atoms with Crippen molar-refractivity contribution in [2.45, 2.75) is 32.7 Å². The number of nitrogens with one attached hydrogen (secondary N) is 1. The SMILES string of the molecule is CCNC(Cc1ccc(C)cc1)Cc1ccsc1. The molecule has 0 aliphatic carbocycles. The van der Waals surface area contributed by atoms with E-state index in [0.717, 1.165) is 19.4 Å². The molecular formula is C16H21NS. The first-order valence-electron chi connectivity index (χ1n) is 6.58. The average Bonchev–Trinajstić information content (AvgIpc) is 2.85. The summed E-state index contributed by atoms with van der Waals surface area (Å²) in [5.74, 6) is 0. The molecule has 1 atom stereocenters. The van der Waals surface area contributed by atoms with E-state index in [1.807, 2.05) is 0 Å². The normalized spacial score (nSPS) is 12.6. The molecule has 0 fully saturated rings. The Labute approximate surface area is 114 Å². The van der Waals surface area contributed by atoms with E-state index >= 15 is 0 Å². The van der Waals surface area contributed by atoms with Gasteiger partial charge in [0.25, 0.3) is 0 Å². The van der Waals surface area contributed by atoms with Gasteiger partial charge in [-0.15, -0.1) is 0 Å². The molecule has 1 unspecified atom stereocenters. The van der Waals surface area contributed by atoms with Crippen LogP contribution in [0.2, 0.25) is 0 Å². The van der Waals surface area contributed by atoms with Crippen LogP contribution in [0.4, 0.5) is 0 Å². The van der Waals surface area contributed by atoms with E-state index in [0.29, 0.717) is 6.04 Å². The monoisotopic (exact) mass is 259 g/mol. The van der Waals surface area contributed by atoms with Crippen LogP contribution in [0.3, 0.4) is 0 Å². The molecule has 0 amide bonds. The largest absolute Gasteiger partial charge is 0.314 e. The van der Waals surface area contributed by atoms with Crippen LogP contribution in [-0.4, -0.2) is 12.6 Å². The Balaban J connectivity index is 1.99. The fourth-order valence-electron chi connectivity index (χ4n) is 2.21. The topological polar surface area (TPSA) is 12.0 Å². The smallest absolute Gasteiger partial charge is 0.0148 e. The summed E-state index contributed by atoms with van der Waals surface area (Å²) < 4.78 is 0. The lowest BCUT2D eigenvalue weighted by Crippen LogP contribution is -2.32. The highest BCUT2D eigenvalue weighted by Crippen LogP contribution is 2.12. The van der Waals surface area contributed by atoms with Crippen molar-refractivity contribution in [2.24, 2.45) is 0 Å². The van der Waals surface area contributed by atoms with Gasteiger partial charge >= 0.3 is 0 Å². The molecule has 96 valence electrons. The Morgan fingerprint density at radius 3 is 2.39 bits per heavy atom.